The van der Waals surface area contributed by atoms with Crippen molar-refractivity contribution in [2.75, 3.05) is 11.9 Å². The van der Waals surface area contributed by atoms with Crippen molar-refractivity contribution in [2.45, 2.75) is 26.4 Å². The Balaban J connectivity index is 1.79. The van der Waals surface area contributed by atoms with Gasteiger partial charge in [0.1, 0.15) is 6.10 Å². The molecular formula is C18H20N2O4S. The number of esters is 1. The highest BCUT2D eigenvalue weighted by atomic mass is 32.1. The third-order valence-corrected chi connectivity index (χ3v) is 4.21. The van der Waals surface area contributed by atoms with E-state index < -0.39 is 12.1 Å². The van der Waals surface area contributed by atoms with E-state index in [-0.39, 0.29) is 24.8 Å². The maximum Gasteiger partial charge on any atom is 0.308 e. The summed E-state index contributed by atoms with van der Waals surface area (Å²) in [5.74, 6) is -0.758. The topological polar surface area (TPSA) is 84.5 Å². The number of hydrogen-bond donors (Lipinski definition) is 2. The lowest BCUT2D eigenvalue weighted by Crippen LogP contribution is -2.26. The van der Waals surface area contributed by atoms with Gasteiger partial charge in [-0.25, -0.2) is 0 Å². The summed E-state index contributed by atoms with van der Waals surface area (Å²) >= 11 is 1.35. The fraction of sp³-hybridized carbons (Fsp3) is 0.278. The van der Waals surface area contributed by atoms with Crippen LogP contribution in [0.4, 0.5) is 5.69 Å². The van der Waals surface area contributed by atoms with Gasteiger partial charge >= 0.3 is 5.97 Å². The van der Waals surface area contributed by atoms with Crippen molar-refractivity contribution in [3.8, 4) is 0 Å². The van der Waals surface area contributed by atoms with Crippen LogP contribution in [0.1, 0.15) is 41.6 Å². The van der Waals surface area contributed by atoms with Crippen LogP contribution >= 0.6 is 11.3 Å². The molecule has 2 amide bonds. The number of thiophene rings is 1. The van der Waals surface area contributed by atoms with E-state index in [1.807, 2.05) is 11.4 Å². The normalized spacial score (nSPS) is 11.4. The zero-order chi connectivity index (χ0) is 18.2. The Morgan fingerprint density at radius 2 is 2.00 bits per heavy atom. The van der Waals surface area contributed by atoms with E-state index >= 15 is 0 Å². The first-order chi connectivity index (χ1) is 12.0. The molecule has 25 heavy (non-hydrogen) atoms. The Morgan fingerprint density at radius 3 is 2.68 bits per heavy atom. The largest absolute Gasteiger partial charge is 0.458 e. The number of anilines is 1. The smallest absolute Gasteiger partial charge is 0.308 e. The summed E-state index contributed by atoms with van der Waals surface area (Å²) < 4.78 is 5.37. The number of amides is 2. The maximum absolute atomic E-state index is 11.9. The van der Waals surface area contributed by atoms with Gasteiger partial charge in [0, 0.05) is 19.2 Å². The van der Waals surface area contributed by atoms with E-state index in [9.17, 15) is 14.4 Å². The second-order valence-electron chi connectivity index (χ2n) is 5.42. The van der Waals surface area contributed by atoms with E-state index in [2.05, 4.69) is 10.6 Å². The van der Waals surface area contributed by atoms with Gasteiger partial charge in [0.2, 0.25) is 5.91 Å². The number of benzene rings is 1. The fourth-order valence-electron chi connectivity index (χ4n) is 2.17. The minimum Gasteiger partial charge on any atom is -0.458 e. The first-order valence-corrected chi connectivity index (χ1v) is 8.72. The molecule has 0 aliphatic rings. The molecule has 1 aromatic carbocycles. The maximum atomic E-state index is 11.9. The molecule has 1 unspecified atom stereocenters. The first kappa shape index (κ1) is 18.7. The van der Waals surface area contributed by atoms with Gasteiger partial charge in [0.25, 0.3) is 5.91 Å². The number of nitrogens with one attached hydrogen (secondary N) is 2. The second kappa shape index (κ2) is 8.98. The zero-order valence-corrected chi connectivity index (χ0v) is 14.9. The van der Waals surface area contributed by atoms with Crippen molar-refractivity contribution in [2.24, 2.45) is 0 Å². The third kappa shape index (κ3) is 6.04. The van der Waals surface area contributed by atoms with Crippen LogP contribution in [0.2, 0.25) is 0 Å². The molecular weight excluding hydrogens is 340 g/mol. The lowest BCUT2D eigenvalue weighted by Gasteiger charge is -2.15. The molecule has 0 bridgehead atoms. The van der Waals surface area contributed by atoms with Crippen LogP contribution in [0.25, 0.3) is 0 Å². The Labute approximate surface area is 150 Å². The van der Waals surface area contributed by atoms with E-state index in [0.29, 0.717) is 10.6 Å². The third-order valence-electron chi connectivity index (χ3n) is 3.34. The molecule has 6 nitrogen and oxygen atoms in total. The van der Waals surface area contributed by atoms with Crippen molar-refractivity contribution in [3.05, 3.63) is 52.2 Å². The molecule has 0 aliphatic carbocycles. The van der Waals surface area contributed by atoms with Gasteiger partial charge in [0.15, 0.2) is 0 Å². The summed E-state index contributed by atoms with van der Waals surface area (Å²) in [6, 6.07) is 10.7. The Bertz CT molecular complexity index is 743. The molecule has 2 rings (SSSR count). The Kier molecular flexibility index (Phi) is 6.71. The lowest BCUT2D eigenvalue weighted by molar-refractivity contribution is -0.148. The van der Waals surface area contributed by atoms with E-state index in [0.717, 1.165) is 5.56 Å². The van der Waals surface area contributed by atoms with Crippen LogP contribution in [0.15, 0.2) is 41.8 Å². The van der Waals surface area contributed by atoms with Crippen molar-refractivity contribution in [1.82, 2.24) is 5.32 Å². The lowest BCUT2D eigenvalue weighted by atomic mass is 10.1. The van der Waals surface area contributed by atoms with Crippen LogP contribution < -0.4 is 10.6 Å². The summed E-state index contributed by atoms with van der Waals surface area (Å²) in [7, 11) is 0. The summed E-state index contributed by atoms with van der Waals surface area (Å²) in [4.78, 5) is 35.4. The molecule has 0 saturated carbocycles. The molecule has 0 spiro atoms. The monoisotopic (exact) mass is 360 g/mol. The molecule has 1 atom stereocenters. The highest BCUT2D eigenvalue weighted by Crippen LogP contribution is 2.21. The van der Waals surface area contributed by atoms with Crippen molar-refractivity contribution < 1.29 is 19.1 Å². The predicted molar refractivity (Wildman–Crippen MR) is 96.5 cm³/mol. The van der Waals surface area contributed by atoms with Gasteiger partial charge in [-0.15, -0.1) is 11.3 Å². The number of rotatable bonds is 7. The molecule has 0 saturated heterocycles. The number of carbonyl (C=O) groups excluding carboxylic acids is 3. The molecule has 0 radical (unpaired) electrons. The highest BCUT2D eigenvalue weighted by Gasteiger charge is 2.13. The fourth-order valence-corrected chi connectivity index (χ4v) is 2.81. The quantitative estimate of drug-likeness (QED) is 0.743. The molecule has 0 fully saturated rings. The first-order valence-electron chi connectivity index (χ1n) is 7.84. The minimum absolute atomic E-state index is 0.0901. The Hall–Kier alpha value is -2.67. The van der Waals surface area contributed by atoms with Gasteiger partial charge in [-0.2, -0.15) is 0 Å². The number of carbonyl (C=O) groups is 3. The van der Waals surface area contributed by atoms with Crippen LogP contribution in [-0.2, 0) is 14.3 Å². The van der Waals surface area contributed by atoms with Crippen molar-refractivity contribution in [1.29, 1.82) is 0 Å². The molecule has 1 heterocycles. The highest BCUT2D eigenvalue weighted by molar-refractivity contribution is 7.12. The molecule has 2 aromatic rings. The molecule has 132 valence electrons. The molecule has 2 N–H and O–H groups in total. The average Bonchev–Trinajstić information content (AvgIpc) is 3.09. The molecule has 0 aliphatic heterocycles. The van der Waals surface area contributed by atoms with Crippen LogP contribution in [-0.4, -0.2) is 24.3 Å². The molecule has 7 heteroatoms. The zero-order valence-electron chi connectivity index (χ0n) is 14.1. The van der Waals surface area contributed by atoms with Gasteiger partial charge < -0.3 is 15.4 Å². The number of hydrogen-bond acceptors (Lipinski definition) is 5. The van der Waals surface area contributed by atoms with Crippen LogP contribution in [0.3, 0.4) is 0 Å². The average molecular weight is 360 g/mol. The van der Waals surface area contributed by atoms with Crippen molar-refractivity contribution in [3.63, 3.8) is 0 Å². The second-order valence-corrected chi connectivity index (χ2v) is 6.37. The van der Waals surface area contributed by atoms with Crippen molar-refractivity contribution >= 4 is 34.8 Å². The van der Waals surface area contributed by atoms with E-state index in [4.69, 9.17) is 4.74 Å². The van der Waals surface area contributed by atoms with E-state index in [1.54, 1.807) is 37.3 Å². The standard InChI is InChI=1S/C18H20N2O4S/c1-12(14-5-3-6-15(11-14)20-13(2)21)24-17(22)8-9-19-18(23)16-7-4-10-25-16/h3-7,10-12H,8-9H2,1-2H3,(H,19,23)(H,20,21). The minimum atomic E-state index is -0.450. The summed E-state index contributed by atoms with van der Waals surface area (Å²) in [6.45, 7) is 3.41. The van der Waals surface area contributed by atoms with Crippen LogP contribution in [0.5, 0.6) is 0 Å². The summed E-state index contributed by atoms with van der Waals surface area (Å²) in [5.41, 5.74) is 1.43. The van der Waals surface area contributed by atoms with Crippen LogP contribution in [0, 0.1) is 0 Å². The summed E-state index contributed by atoms with van der Waals surface area (Å²) in [6.07, 6.45) is -0.360. The predicted octanol–water partition coefficient (Wildman–Crippen LogP) is 3.13. The SMILES string of the molecule is CC(=O)Nc1cccc(C(C)OC(=O)CCNC(=O)c2cccs2)c1. The van der Waals surface area contributed by atoms with Gasteiger partial charge in [-0.05, 0) is 36.1 Å². The van der Waals surface area contributed by atoms with Gasteiger partial charge in [-0.1, -0.05) is 18.2 Å². The van der Waals surface area contributed by atoms with E-state index in [1.165, 1.54) is 18.3 Å². The van der Waals surface area contributed by atoms with Gasteiger partial charge in [-0.3, -0.25) is 14.4 Å². The molecule has 1 aromatic heterocycles. The summed E-state index contributed by atoms with van der Waals surface area (Å²) in [5, 5.41) is 7.19. The van der Waals surface area contributed by atoms with Gasteiger partial charge in [0.05, 0.1) is 11.3 Å². The number of ether oxygens (including phenoxy) is 1. The Morgan fingerprint density at radius 1 is 1.20 bits per heavy atom.